The first-order valence-corrected chi connectivity index (χ1v) is 9.01. The Balaban J connectivity index is 2.27. The summed E-state index contributed by atoms with van der Waals surface area (Å²) < 4.78 is 23.2. The van der Waals surface area contributed by atoms with Crippen LogP contribution in [-0.4, -0.2) is 54.6 Å². The highest BCUT2D eigenvalue weighted by atomic mass is 32.2. The Morgan fingerprint density at radius 2 is 1.88 bits per heavy atom. The molecule has 9 nitrogen and oxygen atoms in total. The maximum absolute atomic E-state index is 12.4. The number of carbonyl (C=O) groups is 2. The number of carboxylic acid groups (broad SMARTS) is 1. The van der Waals surface area contributed by atoms with Crippen LogP contribution in [0.1, 0.15) is 23.2 Å². The minimum Gasteiger partial charge on any atom is -0.481 e. The standard InChI is InChI=1S/C14H16N2O7S/c1-24(22,23)12-3-2-10(8-11(12)16(20)21)13(17)15-6-4-9(5-7-15)14(18)19/h2-3,8-9H,4-7H2,1H3,(H,18,19). The van der Waals surface area contributed by atoms with E-state index in [2.05, 4.69) is 0 Å². The van der Waals surface area contributed by atoms with Crippen LogP contribution < -0.4 is 0 Å². The van der Waals surface area contributed by atoms with E-state index in [1.807, 2.05) is 0 Å². The quantitative estimate of drug-likeness (QED) is 0.626. The number of nitrogens with zero attached hydrogens (tertiary/aromatic N) is 2. The predicted octanol–water partition coefficient (Wildman–Crippen LogP) is 0.935. The number of hydrogen-bond donors (Lipinski definition) is 1. The molecule has 1 saturated heterocycles. The Kier molecular flexibility index (Phi) is 4.88. The average molecular weight is 356 g/mol. The number of carbonyl (C=O) groups excluding carboxylic acids is 1. The minimum absolute atomic E-state index is 0.00266. The second kappa shape index (κ2) is 6.56. The van der Waals surface area contributed by atoms with Crippen molar-refractivity contribution in [3.63, 3.8) is 0 Å². The number of piperidine rings is 1. The van der Waals surface area contributed by atoms with Crippen molar-refractivity contribution in [3.05, 3.63) is 33.9 Å². The molecule has 0 atom stereocenters. The van der Waals surface area contributed by atoms with Crippen molar-refractivity contribution >= 4 is 27.4 Å². The smallest absolute Gasteiger partial charge is 0.306 e. The molecule has 0 bridgehead atoms. The lowest BCUT2D eigenvalue weighted by Gasteiger charge is -2.30. The molecule has 1 amide bonds. The summed E-state index contributed by atoms with van der Waals surface area (Å²) in [6, 6.07) is 3.22. The highest BCUT2D eigenvalue weighted by Gasteiger charge is 2.29. The molecule has 1 aromatic carbocycles. The van der Waals surface area contributed by atoms with Gasteiger partial charge in [0.05, 0.1) is 10.8 Å². The van der Waals surface area contributed by atoms with E-state index in [-0.39, 0.29) is 18.7 Å². The van der Waals surface area contributed by atoms with E-state index < -0.39 is 43.1 Å². The summed E-state index contributed by atoms with van der Waals surface area (Å²) >= 11 is 0. The van der Waals surface area contributed by atoms with Gasteiger partial charge in [-0.2, -0.15) is 0 Å². The molecule has 1 aromatic rings. The van der Waals surface area contributed by atoms with Gasteiger partial charge in [-0.1, -0.05) is 0 Å². The molecule has 1 aliphatic heterocycles. The van der Waals surface area contributed by atoms with Crippen LogP contribution in [0.25, 0.3) is 0 Å². The number of rotatable bonds is 4. The Hall–Kier alpha value is -2.49. The largest absolute Gasteiger partial charge is 0.481 e. The number of nitro benzene ring substituents is 1. The number of sulfone groups is 1. The first-order chi connectivity index (χ1) is 11.1. The van der Waals surface area contributed by atoms with Gasteiger partial charge in [-0.05, 0) is 25.0 Å². The second-order valence-electron chi connectivity index (χ2n) is 5.62. The lowest BCUT2D eigenvalue weighted by atomic mass is 9.96. The Morgan fingerprint density at radius 1 is 1.29 bits per heavy atom. The molecule has 0 unspecified atom stereocenters. The van der Waals surface area contributed by atoms with Crippen molar-refractivity contribution in [3.8, 4) is 0 Å². The lowest BCUT2D eigenvalue weighted by molar-refractivity contribution is -0.387. The molecule has 24 heavy (non-hydrogen) atoms. The second-order valence-corrected chi connectivity index (χ2v) is 7.60. The average Bonchev–Trinajstić information content (AvgIpc) is 2.52. The van der Waals surface area contributed by atoms with Crippen molar-refractivity contribution in [2.75, 3.05) is 19.3 Å². The molecule has 0 radical (unpaired) electrons. The fourth-order valence-electron chi connectivity index (χ4n) is 2.62. The number of aliphatic carboxylic acids is 1. The van der Waals surface area contributed by atoms with E-state index in [0.717, 1.165) is 18.4 Å². The third-order valence-electron chi connectivity index (χ3n) is 3.93. The van der Waals surface area contributed by atoms with E-state index in [1.54, 1.807) is 0 Å². The first-order valence-electron chi connectivity index (χ1n) is 7.12. The monoisotopic (exact) mass is 356 g/mol. The summed E-state index contributed by atoms with van der Waals surface area (Å²) in [4.78, 5) is 34.5. The summed E-state index contributed by atoms with van der Waals surface area (Å²) in [5.74, 6) is -1.90. The van der Waals surface area contributed by atoms with E-state index in [1.165, 1.54) is 11.0 Å². The van der Waals surface area contributed by atoms with Crippen LogP contribution >= 0.6 is 0 Å². The topological polar surface area (TPSA) is 135 Å². The van der Waals surface area contributed by atoms with Gasteiger partial charge < -0.3 is 10.0 Å². The molecule has 0 saturated carbocycles. The zero-order chi connectivity index (χ0) is 18.1. The van der Waals surface area contributed by atoms with Crippen LogP contribution in [0.5, 0.6) is 0 Å². The summed E-state index contributed by atoms with van der Waals surface area (Å²) in [6.07, 6.45) is 1.47. The van der Waals surface area contributed by atoms with Crippen LogP contribution in [0.3, 0.4) is 0 Å². The van der Waals surface area contributed by atoms with Gasteiger partial charge in [0.1, 0.15) is 4.90 Å². The number of benzene rings is 1. The van der Waals surface area contributed by atoms with E-state index in [0.29, 0.717) is 12.8 Å². The zero-order valence-electron chi connectivity index (χ0n) is 12.8. The molecule has 130 valence electrons. The van der Waals surface area contributed by atoms with Crippen molar-refractivity contribution in [1.29, 1.82) is 0 Å². The number of carboxylic acids is 1. The molecule has 1 aliphatic rings. The molecule has 2 rings (SSSR count). The van der Waals surface area contributed by atoms with E-state index >= 15 is 0 Å². The predicted molar refractivity (Wildman–Crippen MR) is 82.5 cm³/mol. The van der Waals surface area contributed by atoms with Gasteiger partial charge in [-0.25, -0.2) is 8.42 Å². The Bertz CT molecular complexity index is 795. The normalized spacial score (nSPS) is 16.0. The van der Waals surface area contributed by atoms with Gasteiger partial charge >= 0.3 is 5.97 Å². The van der Waals surface area contributed by atoms with Gasteiger partial charge in [0.15, 0.2) is 9.84 Å². The molecule has 0 aliphatic carbocycles. The van der Waals surface area contributed by atoms with Crippen molar-refractivity contribution < 1.29 is 28.0 Å². The number of likely N-dealkylation sites (tertiary alicyclic amines) is 1. The summed E-state index contributed by atoms with van der Waals surface area (Å²) in [7, 11) is -3.79. The van der Waals surface area contributed by atoms with E-state index in [4.69, 9.17) is 5.11 Å². The fourth-order valence-corrected chi connectivity index (χ4v) is 3.45. The van der Waals surface area contributed by atoms with Gasteiger partial charge in [-0.3, -0.25) is 19.7 Å². The maximum atomic E-state index is 12.4. The molecule has 0 spiro atoms. The molecule has 10 heteroatoms. The van der Waals surface area contributed by atoms with Crippen LogP contribution in [0, 0.1) is 16.0 Å². The molecule has 1 N–H and O–H groups in total. The van der Waals surface area contributed by atoms with Gasteiger partial charge in [-0.15, -0.1) is 0 Å². The first kappa shape index (κ1) is 17.9. The van der Waals surface area contributed by atoms with E-state index in [9.17, 15) is 28.1 Å². The van der Waals surface area contributed by atoms with Crippen LogP contribution in [0.15, 0.2) is 23.1 Å². The third-order valence-corrected chi connectivity index (χ3v) is 5.08. The van der Waals surface area contributed by atoms with Gasteiger partial charge in [0, 0.05) is 31.0 Å². The summed E-state index contributed by atoms with van der Waals surface area (Å²) in [5.41, 5.74) is -0.647. The van der Waals surface area contributed by atoms with Crippen molar-refractivity contribution in [2.24, 2.45) is 5.92 Å². The highest BCUT2D eigenvalue weighted by Crippen LogP contribution is 2.26. The molecule has 0 aromatic heterocycles. The fraction of sp³-hybridized carbons (Fsp3) is 0.429. The molecular formula is C14H16N2O7S. The molecule has 1 fully saturated rings. The lowest BCUT2D eigenvalue weighted by Crippen LogP contribution is -2.40. The van der Waals surface area contributed by atoms with Crippen molar-refractivity contribution in [1.82, 2.24) is 4.90 Å². The van der Waals surface area contributed by atoms with Crippen LogP contribution in [0.2, 0.25) is 0 Å². The maximum Gasteiger partial charge on any atom is 0.306 e. The number of amides is 1. The Morgan fingerprint density at radius 3 is 2.33 bits per heavy atom. The summed E-state index contributed by atoms with van der Waals surface area (Å²) in [6.45, 7) is 0.467. The van der Waals surface area contributed by atoms with Crippen LogP contribution in [0.4, 0.5) is 5.69 Å². The SMILES string of the molecule is CS(=O)(=O)c1ccc(C(=O)N2CCC(C(=O)O)CC2)cc1[N+](=O)[O-]. The minimum atomic E-state index is -3.79. The molecular weight excluding hydrogens is 340 g/mol. The third kappa shape index (κ3) is 3.70. The van der Waals surface area contributed by atoms with Gasteiger partial charge in [0.2, 0.25) is 0 Å². The van der Waals surface area contributed by atoms with Crippen molar-refractivity contribution in [2.45, 2.75) is 17.7 Å². The Labute approximate surface area is 138 Å². The zero-order valence-corrected chi connectivity index (χ0v) is 13.7. The van der Waals surface area contributed by atoms with Crippen LogP contribution in [-0.2, 0) is 14.6 Å². The number of hydrogen-bond acceptors (Lipinski definition) is 6. The van der Waals surface area contributed by atoms with Gasteiger partial charge in [0.25, 0.3) is 11.6 Å². The molecule has 1 heterocycles. The number of nitro groups is 1. The highest BCUT2D eigenvalue weighted by molar-refractivity contribution is 7.90. The summed E-state index contributed by atoms with van der Waals surface area (Å²) in [5, 5.41) is 20.0.